The molecular weight excluding hydrogens is 428 g/mol. The van der Waals surface area contributed by atoms with Crippen LogP contribution >= 0.6 is 23.5 Å². The van der Waals surface area contributed by atoms with Crippen LogP contribution in [-0.2, 0) is 10.5 Å². The van der Waals surface area contributed by atoms with Crippen LogP contribution in [0.2, 0.25) is 0 Å². The Hall–Kier alpha value is -2.77. The van der Waals surface area contributed by atoms with Gasteiger partial charge in [0.1, 0.15) is 6.04 Å². The maximum absolute atomic E-state index is 13.0. The van der Waals surface area contributed by atoms with Gasteiger partial charge in [-0.2, -0.15) is 11.8 Å². The van der Waals surface area contributed by atoms with Crippen molar-refractivity contribution < 1.29 is 14.7 Å². The minimum atomic E-state index is -1.02. The Labute approximate surface area is 190 Å². The SMILES string of the molecule is CSCC[C@H](NC(=O)c1ccc(SCc2cccnc2)cc1-c1ccccc1)C(=O)O. The summed E-state index contributed by atoms with van der Waals surface area (Å²) >= 11 is 3.22. The molecule has 0 saturated heterocycles. The zero-order valence-electron chi connectivity index (χ0n) is 17.2. The Morgan fingerprint density at radius 2 is 1.90 bits per heavy atom. The van der Waals surface area contributed by atoms with Gasteiger partial charge in [-0.1, -0.05) is 36.4 Å². The molecule has 31 heavy (non-hydrogen) atoms. The monoisotopic (exact) mass is 452 g/mol. The fourth-order valence-corrected chi connectivity index (χ4v) is 4.39. The van der Waals surface area contributed by atoms with Crippen LogP contribution in [0.1, 0.15) is 22.3 Å². The van der Waals surface area contributed by atoms with Crippen LogP contribution in [0.15, 0.2) is 78.0 Å². The van der Waals surface area contributed by atoms with Crippen LogP contribution in [0.5, 0.6) is 0 Å². The van der Waals surface area contributed by atoms with Crippen molar-refractivity contribution in [2.45, 2.75) is 23.1 Å². The lowest BCUT2D eigenvalue weighted by Crippen LogP contribution is -2.41. The average molecular weight is 453 g/mol. The molecule has 1 heterocycles. The molecule has 2 aromatic carbocycles. The van der Waals surface area contributed by atoms with Gasteiger partial charge in [-0.05, 0) is 59.4 Å². The van der Waals surface area contributed by atoms with Crippen LogP contribution < -0.4 is 5.32 Å². The number of hydrogen-bond donors (Lipinski definition) is 2. The molecule has 0 bridgehead atoms. The Morgan fingerprint density at radius 1 is 1.10 bits per heavy atom. The van der Waals surface area contributed by atoms with Gasteiger partial charge >= 0.3 is 5.97 Å². The molecule has 0 spiro atoms. The van der Waals surface area contributed by atoms with Crippen LogP contribution in [0.3, 0.4) is 0 Å². The molecule has 3 rings (SSSR count). The van der Waals surface area contributed by atoms with E-state index in [1.807, 2.05) is 67.0 Å². The summed E-state index contributed by atoms with van der Waals surface area (Å²) in [5.74, 6) is 0.0271. The highest BCUT2D eigenvalue weighted by atomic mass is 32.2. The Balaban J connectivity index is 1.86. The van der Waals surface area contributed by atoms with Crippen LogP contribution in [0, 0.1) is 0 Å². The van der Waals surface area contributed by atoms with E-state index >= 15 is 0 Å². The molecule has 0 aliphatic rings. The first-order valence-corrected chi connectivity index (χ1v) is 12.2. The van der Waals surface area contributed by atoms with Gasteiger partial charge in [0.05, 0.1) is 0 Å². The molecule has 0 aliphatic carbocycles. The Bertz CT molecular complexity index is 1010. The summed E-state index contributed by atoms with van der Waals surface area (Å²) in [6.45, 7) is 0. The molecule has 3 aromatic rings. The lowest BCUT2D eigenvalue weighted by Gasteiger charge is -2.17. The number of aliphatic carboxylic acids is 1. The number of rotatable bonds is 10. The third kappa shape index (κ3) is 6.60. The molecule has 1 amide bonds. The predicted octanol–water partition coefficient (Wildman–Crippen LogP) is 4.98. The molecule has 7 heteroatoms. The number of carboxylic acids is 1. The molecule has 5 nitrogen and oxygen atoms in total. The summed E-state index contributed by atoms with van der Waals surface area (Å²) in [4.78, 5) is 29.8. The van der Waals surface area contributed by atoms with Crippen molar-refractivity contribution in [1.29, 1.82) is 0 Å². The van der Waals surface area contributed by atoms with Crippen molar-refractivity contribution >= 4 is 35.4 Å². The molecule has 1 aromatic heterocycles. The normalized spacial score (nSPS) is 11.6. The number of carboxylic acid groups (broad SMARTS) is 1. The quantitative estimate of drug-likeness (QED) is 0.423. The van der Waals surface area contributed by atoms with Crippen LogP contribution in [-0.4, -0.2) is 40.0 Å². The summed E-state index contributed by atoms with van der Waals surface area (Å²) in [5, 5.41) is 12.2. The van der Waals surface area contributed by atoms with Gasteiger partial charge in [0.2, 0.25) is 0 Å². The van der Waals surface area contributed by atoms with Gasteiger partial charge in [0.15, 0.2) is 0 Å². The largest absolute Gasteiger partial charge is 0.480 e. The lowest BCUT2D eigenvalue weighted by molar-refractivity contribution is -0.139. The third-order valence-corrected chi connectivity index (χ3v) is 6.37. The summed E-state index contributed by atoms with van der Waals surface area (Å²) < 4.78 is 0. The van der Waals surface area contributed by atoms with E-state index < -0.39 is 12.0 Å². The van der Waals surface area contributed by atoms with Crippen LogP contribution in [0.4, 0.5) is 0 Å². The number of thioether (sulfide) groups is 2. The van der Waals surface area contributed by atoms with E-state index in [9.17, 15) is 14.7 Å². The number of amides is 1. The average Bonchev–Trinajstić information content (AvgIpc) is 2.81. The first-order chi connectivity index (χ1) is 15.1. The highest BCUT2D eigenvalue weighted by molar-refractivity contribution is 7.98. The minimum absolute atomic E-state index is 0.377. The van der Waals surface area contributed by atoms with E-state index in [2.05, 4.69) is 10.3 Å². The minimum Gasteiger partial charge on any atom is -0.480 e. The number of benzene rings is 2. The summed E-state index contributed by atoms with van der Waals surface area (Å²) in [6.07, 6.45) is 5.88. The van der Waals surface area contributed by atoms with Gasteiger partial charge in [-0.3, -0.25) is 9.78 Å². The summed E-state index contributed by atoms with van der Waals surface area (Å²) in [6, 6.07) is 18.4. The van der Waals surface area contributed by atoms with E-state index in [-0.39, 0.29) is 5.91 Å². The zero-order chi connectivity index (χ0) is 22.1. The Morgan fingerprint density at radius 3 is 2.58 bits per heavy atom. The highest BCUT2D eigenvalue weighted by Gasteiger charge is 2.22. The number of carbonyl (C=O) groups is 2. The maximum atomic E-state index is 13.0. The molecule has 0 fully saturated rings. The second-order valence-corrected chi connectivity index (χ2v) is 8.90. The number of nitrogens with zero attached hydrogens (tertiary/aromatic N) is 1. The van der Waals surface area contributed by atoms with E-state index in [0.29, 0.717) is 17.7 Å². The second kappa shape index (κ2) is 11.6. The number of hydrogen-bond acceptors (Lipinski definition) is 5. The molecule has 0 aliphatic heterocycles. The zero-order valence-corrected chi connectivity index (χ0v) is 18.8. The molecule has 0 saturated carbocycles. The first kappa shape index (κ1) is 22.9. The fourth-order valence-electron chi connectivity index (χ4n) is 3.05. The third-order valence-electron chi connectivity index (χ3n) is 4.66. The number of aromatic nitrogens is 1. The van der Waals surface area contributed by atoms with Gasteiger partial charge in [0.25, 0.3) is 5.91 Å². The molecule has 160 valence electrons. The molecule has 0 radical (unpaired) electrons. The molecule has 2 N–H and O–H groups in total. The van der Waals surface area contributed by atoms with Gasteiger partial charge in [-0.25, -0.2) is 4.79 Å². The van der Waals surface area contributed by atoms with Gasteiger partial charge < -0.3 is 10.4 Å². The smallest absolute Gasteiger partial charge is 0.326 e. The highest BCUT2D eigenvalue weighted by Crippen LogP contribution is 2.31. The topological polar surface area (TPSA) is 79.3 Å². The standard InChI is InChI=1S/C24H24N2O3S2/c1-30-13-11-22(24(28)29)26-23(27)20-10-9-19(31-16-17-6-5-12-25-15-17)14-21(20)18-7-3-2-4-8-18/h2-10,12,14-15,22H,11,13,16H2,1H3,(H,26,27)(H,28,29)/t22-/m0/s1. The predicted molar refractivity (Wildman–Crippen MR) is 128 cm³/mol. The van der Waals surface area contributed by atoms with E-state index in [0.717, 1.165) is 27.3 Å². The fraction of sp³-hybridized carbons (Fsp3) is 0.208. The van der Waals surface area contributed by atoms with Gasteiger partial charge in [0, 0.05) is 28.6 Å². The van der Waals surface area contributed by atoms with E-state index in [1.165, 1.54) is 0 Å². The van der Waals surface area contributed by atoms with Crippen molar-refractivity contribution in [3.63, 3.8) is 0 Å². The molecular formula is C24H24N2O3S2. The van der Waals surface area contributed by atoms with Crippen LogP contribution in [0.25, 0.3) is 11.1 Å². The van der Waals surface area contributed by atoms with Crippen molar-refractivity contribution in [2.75, 3.05) is 12.0 Å². The first-order valence-electron chi connectivity index (χ1n) is 9.82. The van der Waals surface area contributed by atoms with Crippen molar-refractivity contribution in [3.8, 4) is 11.1 Å². The molecule has 1 atom stereocenters. The number of pyridine rings is 1. The summed E-state index contributed by atoms with van der Waals surface area (Å²) in [7, 11) is 0. The molecule has 0 unspecified atom stereocenters. The lowest BCUT2D eigenvalue weighted by atomic mass is 9.99. The number of nitrogens with one attached hydrogen (secondary N) is 1. The van der Waals surface area contributed by atoms with Gasteiger partial charge in [-0.15, -0.1) is 11.8 Å². The van der Waals surface area contributed by atoms with Crippen molar-refractivity contribution in [2.24, 2.45) is 0 Å². The van der Waals surface area contributed by atoms with Crippen molar-refractivity contribution in [3.05, 3.63) is 84.2 Å². The summed E-state index contributed by atoms with van der Waals surface area (Å²) in [5.41, 5.74) is 3.27. The van der Waals surface area contributed by atoms with E-state index in [4.69, 9.17) is 0 Å². The van der Waals surface area contributed by atoms with E-state index in [1.54, 1.807) is 35.8 Å². The van der Waals surface area contributed by atoms with Crippen molar-refractivity contribution in [1.82, 2.24) is 10.3 Å². The maximum Gasteiger partial charge on any atom is 0.326 e. The Kier molecular flexibility index (Phi) is 8.55. The second-order valence-electron chi connectivity index (χ2n) is 6.87. The number of carbonyl (C=O) groups excluding carboxylic acids is 1.